The lowest BCUT2D eigenvalue weighted by Crippen LogP contribution is -2.08. The van der Waals surface area contributed by atoms with Crippen LogP contribution in [0.2, 0.25) is 0 Å². The number of nitrogens with two attached hydrogens (primary N) is 1. The zero-order valence-electron chi connectivity index (χ0n) is 11.3. The average Bonchev–Trinajstić information content (AvgIpc) is 2.78. The molecule has 1 atom stereocenters. The smallest absolute Gasteiger partial charge is 0.0470 e. The molecule has 1 unspecified atom stereocenters. The third kappa shape index (κ3) is 3.23. The van der Waals surface area contributed by atoms with E-state index in [1.54, 1.807) is 0 Å². The van der Waals surface area contributed by atoms with Crippen molar-refractivity contribution in [2.45, 2.75) is 39.3 Å². The Balaban J connectivity index is 2.06. The molecular formula is C16H22N2. The van der Waals surface area contributed by atoms with Crippen LogP contribution in [0.4, 0.5) is 0 Å². The SMILES string of the molecule is CCCC(N)c1ccn(Cc2cccc(C)c2)c1. The van der Waals surface area contributed by atoms with Crippen LogP contribution < -0.4 is 5.73 Å². The number of hydrogen-bond donors (Lipinski definition) is 1. The Morgan fingerprint density at radius 2 is 2.11 bits per heavy atom. The van der Waals surface area contributed by atoms with Crippen molar-refractivity contribution in [1.82, 2.24) is 4.57 Å². The number of aromatic nitrogens is 1. The Morgan fingerprint density at radius 1 is 1.28 bits per heavy atom. The minimum absolute atomic E-state index is 0.175. The van der Waals surface area contributed by atoms with Crippen molar-refractivity contribution in [3.63, 3.8) is 0 Å². The molecule has 96 valence electrons. The van der Waals surface area contributed by atoms with Crippen LogP contribution in [0.15, 0.2) is 42.7 Å². The van der Waals surface area contributed by atoms with E-state index in [4.69, 9.17) is 5.73 Å². The number of hydrogen-bond acceptors (Lipinski definition) is 1. The molecule has 2 nitrogen and oxygen atoms in total. The molecule has 0 saturated heterocycles. The molecule has 0 saturated carbocycles. The van der Waals surface area contributed by atoms with Crippen LogP contribution >= 0.6 is 0 Å². The highest BCUT2D eigenvalue weighted by Gasteiger charge is 2.06. The highest BCUT2D eigenvalue weighted by atomic mass is 14.9. The van der Waals surface area contributed by atoms with Gasteiger partial charge in [0, 0.05) is 25.0 Å². The van der Waals surface area contributed by atoms with Crippen LogP contribution in [-0.4, -0.2) is 4.57 Å². The van der Waals surface area contributed by atoms with Gasteiger partial charge >= 0.3 is 0 Å². The first-order chi connectivity index (χ1) is 8.69. The fraction of sp³-hybridized carbons (Fsp3) is 0.375. The van der Waals surface area contributed by atoms with E-state index in [1.807, 2.05) is 0 Å². The lowest BCUT2D eigenvalue weighted by atomic mass is 10.1. The van der Waals surface area contributed by atoms with Gasteiger partial charge < -0.3 is 10.3 Å². The van der Waals surface area contributed by atoms with Gasteiger partial charge in [-0.25, -0.2) is 0 Å². The molecule has 0 aliphatic rings. The Bertz CT molecular complexity index is 499. The van der Waals surface area contributed by atoms with Crippen molar-refractivity contribution in [2.24, 2.45) is 5.73 Å². The molecule has 0 bridgehead atoms. The van der Waals surface area contributed by atoms with Crippen LogP contribution in [0.25, 0.3) is 0 Å². The average molecular weight is 242 g/mol. The highest BCUT2D eigenvalue weighted by molar-refractivity contribution is 5.23. The third-order valence-electron chi connectivity index (χ3n) is 3.25. The summed E-state index contributed by atoms with van der Waals surface area (Å²) in [4.78, 5) is 0. The quantitative estimate of drug-likeness (QED) is 0.852. The summed E-state index contributed by atoms with van der Waals surface area (Å²) >= 11 is 0. The molecule has 0 amide bonds. The lowest BCUT2D eigenvalue weighted by Gasteiger charge is -2.08. The monoisotopic (exact) mass is 242 g/mol. The van der Waals surface area contributed by atoms with Crippen molar-refractivity contribution < 1.29 is 0 Å². The normalized spacial score (nSPS) is 12.6. The summed E-state index contributed by atoms with van der Waals surface area (Å²) in [6.07, 6.45) is 6.47. The Kier molecular flexibility index (Phi) is 4.21. The fourth-order valence-electron chi connectivity index (χ4n) is 2.28. The maximum Gasteiger partial charge on any atom is 0.0470 e. The first-order valence-corrected chi connectivity index (χ1v) is 6.66. The molecule has 1 heterocycles. The summed E-state index contributed by atoms with van der Waals surface area (Å²) in [5, 5.41) is 0. The Hall–Kier alpha value is -1.54. The second-order valence-corrected chi connectivity index (χ2v) is 5.00. The topological polar surface area (TPSA) is 30.9 Å². The van der Waals surface area contributed by atoms with Gasteiger partial charge in [0.15, 0.2) is 0 Å². The zero-order valence-corrected chi connectivity index (χ0v) is 11.3. The summed E-state index contributed by atoms with van der Waals surface area (Å²) in [6.45, 7) is 5.21. The van der Waals surface area contributed by atoms with Gasteiger partial charge in [-0.1, -0.05) is 43.2 Å². The maximum absolute atomic E-state index is 6.12. The van der Waals surface area contributed by atoms with Crippen molar-refractivity contribution in [2.75, 3.05) is 0 Å². The highest BCUT2D eigenvalue weighted by Crippen LogP contribution is 2.16. The molecule has 0 aliphatic heterocycles. The molecule has 2 rings (SSSR count). The van der Waals surface area contributed by atoms with Gasteiger partial charge in [-0.15, -0.1) is 0 Å². The molecule has 2 N–H and O–H groups in total. The summed E-state index contributed by atoms with van der Waals surface area (Å²) in [7, 11) is 0. The van der Waals surface area contributed by atoms with E-state index in [0.717, 1.165) is 19.4 Å². The second-order valence-electron chi connectivity index (χ2n) is 5.00. The van der Waals surface area contributed by atoms with Crippen LogP contribution in [-0.2, 0) is 6.54 Å². The second kappa shape index (κ2) is 5.87. The molecule has 1 aromatic carbocycles. The standard InChI is InChI=1S/C16H22N2/c1-3-5-16(17)15-8-9-18(12-15)11-14-7-4-6-13(2)10-14/h4,6-10,12,16H,3,5,11,17H2,1-2H3. The molecular weight excluding hydrogens is 220 g/mol. The van der Waals surface area contributed by atoms with Crippen molar-refractivity contribution in [1.29, 1.82) is 0 Å². The van der Waals surface area contributed by atoms with E-state index in [2.05, 4.69) is 61.1 Å². The van der Waals surface area contributed by atoms with Gasteiger partial charge in [-0.3, -0.25) is 0 Å². The van der Waals surface area contributed by atoms with Gasteiger partial charge in [-0.05, 0) is 30.5 Å². The van der Waals surface area contributed by atoms with Crippen molar-refractivity contribution >= 4 is 0 Å². The van der Waals surface area contributed by atoms with Gasteiger partial charge in [-0.2, -0.15) is 0 Å². The molecule has 0 aliphatic carbocycles. The van der Waals surface area contributed by atoms with E-state index < -0.39 is 0 Å². The summed E-state index contributed by atoms with van der Waals surface area (Å²) in [5.41, 5.74) is 10.0. The fourth-order valence-corrected chi connectivity index (χ4v) is 2.28. The lowest BCUT2D eigenvalue weighted by molar-refractivity contribution is 0.636. The minimum atomic E-state index is 0.175. The molecule has 2 heteroatoms. The maximum atomic E-state index is 6.12. The van der Waals surface area contributed by atoms with Gasteiger partial charge in [0.05, 0.1) is 0 Å². The van der Waals surface area contributed by atoms with Gasteiger partial charge in [0.2, 0.25) is 0 Å². The number of aryl methyl sites for hydroxylation is 1. The predicted molar refractivity (Wildman–Crippen MR) is 76.5 cm³/mol. The first kappa shape index (κ1) is 12.9. The molecule has 0 spiro atoms. The van der Waals surface area contributed by atoms with Gasteiger partial charge in [0.25, 0.3) is 0 Å². The number of benzene rings is 1. The predicted octanol–water partition coefficient (Wildman–Crippen LogP) is 3.64. The first-order valence-electron chi connectivity index (χ1n) is 6.66. The van der Waals surface area contributed by atoms with E-state index in [-0.39, 0.29) is 6.04 Å². The summed E-state index contributed by atoms with van der Waals surface area (Å²) in [5.74, 6) is 0. The van der Waals surface area contributed by atoms with E-state index in [9.17, 15) is 0 Å². The number of rotatable bonds is 5. The minimum Gasteiger partial charge on any atom is -0.350 e. The molecule has 0 fully saturated rings. The largest absolute Gasteiger partial charge is 0.350 e. The summed E-state index contributed by atoms with van der Waals surface area (Å²) < 4.78 is 2.21. The molecule has 18 heavy (non-hydrogen) atoms. The zero-order chi connectivity index (χ0) is 13.0. The third-order valence-corrected chi connectivity index (χ3v) is 3.25. The number of nitrogens with zero attached hydrogens (tertiary/aromatic N) is 1. The van der Waals surface area contributed by atoms with Crippen molar-refractivity contribution in [3.8, 4) is 0 Å². The Labute approximate surface area is 109 Å². The summed E-state index contributed by atoms with van der Waals surface area (Å²) in [6, 6.07) is 10.9. The van der Waals surface area contributed by atoms with E-state index in [0.29, 0.717) is 0 Å². The van der Waals surface area contributed by atoms with Crippen molar-refractivity contribution in [3.05, 3.63) is 59.4 Å². The molecule has 1 aromatic heterocycles. The van der Waals surface area contributed by atoms with Gasteiger partial charge in [0.1, 0.15) is 0 Å². The van der Waals surface area contributed by atoms with Crippen LogP contribution in [0.1, 0.15) is 42.5 Å². The van der Waals surface area contributed by atoms with Crippen LogP contribution in [0.3, 0.4) is 0 Å². The Morgan fingerprint density at radius 3 is 2.83 bits per heavy atom. The van der Waals surface area contributed by atoms with Crippen LogP contribution in [0.5, 0.6) is 0 Å². The molecule has 2 aromatic rings. The van der Waals surface area contributed by atoms with Crippen LogP contribution in [0, 0.1) is 6.92 Å². The van der Waals surface area contributed by atoms with E-state index in [1.165, 1.54) is 16.7 Å². The molecule has 0 radical (unpaired) electrons. The van der Waals surface area contributed by atoms with E-state index >= 15 is 0 Å².